The van der Waals surface area contributed by atoms with Crippen molar-refractivity contribution in [3.8, 4) is 5.69 Å². The number of amides is 2. The Morgan fingerprint density at radius 3 is 2.34 bits per heavy atom. The number of hydrogen-bond acceptors (Lipinski definition) is 5. The third-order valence-corrected chi connectivity index (χ3v) is 6.13. The number of hydrogen-bond donors (Lipinski definition) is 2. The van der Waals surface area contributed by atoms with Crippen LogP contribution in [0.15, 0.2) is 60.2 Å². The number of anilines is 2. The summed E-state index contributed by atoms with van der Waals surface area (Å²) in [6.45, 7) is 3.87. The molecule has 1 aromatic heterocycles. The van der Waals surface area contributed by atoms with Crippen LogP contribution in [0.4, 0.5) is 11.4 Å². The van der Waals surface area contributed by atoms with E-state index in [9.17, 15) is 19.5 Å². The highest BCUT2D eigenvalue weighted by molar-refractivity contribution is 7.80. The minimum atomic E-state index is -1.13. The molecule has 8 nitrogen and oxygen atoms in total. The normalized spacial score (nSPS) is 14.9. The minimum Gasteiger partial charge on any atom is -0.478 e. The highest BCUT2D eigenvalue weighted by Gasteiger charge is 2.35. The van der Waals surface area contributed by atoms with Gasteiger partial charge in [0, 0.05) is 36.9 Å². The molecule has 3 aromatic rings. The van der Waals surface area contributed by atoms with Gasteiger partial charge in [0.05, 0.1) is 11.3 Å². The molecule has 0 atom stereocenters. The number of benzene rings is 2. The molecule has 0 saturated carbocycles. The first-order valence-corrected chi connectivity index (χ1v) is 11.2. The third kappa shape index (κ3) is 4.45. The second kappa shape index (κ2) is 9.19. The standard InChI is InChI=1S/C26H24N4O4S/c1-15-12-18(16(2)29(15)20-10-8-19(9-11-20)28(3)4)14-22-23(31)27-26(35)30(24(22)32)21-7-5-6-17(13-21)25(33)34/h5-14H,1-4H3,(H,33,34)(H,27,31,35). The Labute approximate surface area is 208 Å². The number of nitrogens with zero attached hydrogens (tertiary/aromatic N) is 3. The van der Waals surface area contributed by atoms with Crippen molar-refractivity contribution in [1.82, 2.24) is 9.88 Å². The Morgan fingerprint density at radius 2 is 1.71 bits per heavy atom. The second-order valence-electron chi connectivity index (χ2n) is 8.39. The molecule has 0 bridgehead atoms. The van der Waals surface area contributed by atoms with Crippen LogP contribution in [0.25, 0.3) is 11.8 Å². The van der Waals surface area contributed by atoms with Gasteiger partial charge in [0.2, 0.25) is 0 Å². The van der Waals surface area contributed by atoms with Gasteiger partial charge >= 0.3 is 5.97 Å². The van der Waals surface area contributed by atoms with E-state index in [2.05, 4.69) is 9.88 Å². The molecule has 0 radical (unpaired) electrons. The lowest BCUT2D eigenvalue weighted by Crippen LogP contribution is -2.54. The van der Waals surface area contributed by atoms with Gasteiger partial charge in [-0.25, -0.2) is 4.79 Å². The number of nitrogens with one attached hydrogen (secondary N) is 1. The topological polar surface area (TPSA) is 94.9 Å². The number of rotatable bonds is 5. The average molecular weight is 489 g/mol. The summed E-state index contributed by atoms with van der Waals surface area (Å²) >= 11 is 5.22. The summed E-state index contributed by atoms with van der Waals surface area (Å²) in [5.74, 6) is -2.36. The lowest BCUT2D eigenvalue weighted by Gasteiger charge is -2.29. The number of aryl methyl sites for hydroxylation is 1. The average Bonchev–Trinajstić information content (AvgIpc) is 3.09. The molecule has 4 rings (SSSR count). The summed E-state index contributed by atoms with van der Waals surface area (Å²) in [7, 11) is 3.95. The first kappa shape index (κ1) is 23.9. The van der Waals surface area contributed by atoms with E-state index in [0.29, 0.717) is 5.56 Å². The number of carbonyl (C=O) groups is 3. The predicted molar refractivity (Wildman–Crippen MR) is 139 cm³/mol. The molecule has 1 saturated heterocycles. The molecule has 178 valence electrons. The molecule has 35 heavy (non-hydrogen) atoms. The third-order valence-electron chi connectivity index (χ3n) is 5.85. The number of carboxylic acid groups (broad SMARTS) is 1. The predicted octanol–water partition coefficient (Wildman–Crippen LogP) is 3.69. The summed E-state index contributed by atoms with van der Waals surface area (Å²) in [4.78, 5) is 40.6. The highest BCUT2D eigenvalue weighted by Crippen LogP contribution is 2.27. The van der Waals surface area contributed by atoms with Gasteiger partial charge in [0.15, 0.2) is 5.11 Å². The van der Waals surface area contributed by atoms with E-state index < -0.39 is 17.8 Å². The van der Waals surface area contributed by atoms with Gasteiger partial charge in [-0.05, 0) is 86.2 Å². The molecule has 0 unspecified atom stereocenters. The molecule has 0 aliphatic carbocycles. The van der Waals surface area contributed by atoms with Gasteiger partial charge < -0.3 is 14.6 Å². The maximum absolute atomic E-state index is 13.4. The molecule has 1 fully saturated rings. The Kier molecular flexibility index (Phi) is 6.27. The Bertz CT molecular complexity index is 1400. The van der Waals surface area contributed by atoms with Crippen molar-refractivity contribution in [2.24, 2.45) is 0 Å². The minimum absolute atomic E-state index is 0.00404. The summed E-state index contributed by atoms with van der Waals surface area (Å²) in [5, 5.41) is 11.7. The van der Waals surface area contributed by atoms with Crippen molar-refractivity contribution in [2.75, 3.05) is 23.9 Å². The molecule has 2 heterocycles. The maximum Gasteiger partial charge on any atom is 0.335 e. The molecular formula is C26H24N4O4S. The van der Waals surface area contributed by atoms with E-state index in [1.165, 1.54) is 18.2 Å². The number of carboxylic acids is 1. The monoisotopic (exact) mass is 488 g/mol. The lowest BCUT2D eigenvalue weighted by atomic mass is 10.1. The van der Waals surface area contributed by atoms with Crippen LogP contribution in [0, 0.1) is 13.8 Å². The van der Waals surface area contributed by atoms with E-state index in [0.717, 1.165) is 27.7 Å². The Morgan fingerprint density at radius 1 is 1.03 bits per heavy atom. The van der Waals surface area contributed by atoms with Crippen molar-refractivity contribution in [3.63, 3.8) is 0 Å². The molecule has 1 aliphatic rings. The van der Waals surface area contributed by atoms with Crippen molar-refractivity contribution in [2.45, 2.75) is 13.8 Å². The van der Waals surface area contributed by atoms with Crippen LogP contribution in [0.3, 0.4) is 0 Å². The van der Waals surface area contributed by atoms with Crippen LogP contribution in [-0.2, 0) is 9.59 Å². The first-order chi connectivity index (χ1) is 16.6. The zero-order valence-corrected chi connectivity index (χ0v) is 20.5. The molecular weight excluding hydrogens is 464 g/mol. The van der Waals surface area contributed by atoms with Crippen molar-refractivity contribution in [1.29, 1.82) is 0 Å². The van der Waals surface area contributed by atoms with Crippen LogP contribution in [0.1, 0.15) is 27.3 Å². The molecule has 2 aromatic carbocycles. The van der Waals surface area contributed by atoms with Crippen LogP contribution < -0.4 is 15.1 Å². The molecule has 2 amide bonds. The fourth-order valence-corrected chi connectivity index (χ4v) is 4.34. The fraction of sp³-hybridized carbons (Fsp3) is 0.154. The number of aromatic carboxylic acids is 1. The van der Waals surface area contributed by atoms with Crippen molar-refractivity contribution < 1.29 is 19.5 Å². The van der Waals surface area contributed by atoms with E-state index in [1.807, 2.05) is 63.2 Å². The van der Waals surface area contributed by atoms with E-state index in [-0.39, 0.29) is 21.9 Å². The second-order valence-corrected chi connectivity index (χ2v) is 8.77. The lowest BCUT2D eigenvalue weighted by molar-refractivity contribution is -0.122. The first-order valence-electron chi connectivity index (χ1n) is 10.8. The van der Waals surface area contributed by atoms with Crippen LogP contribution in [0.2, 0.25) is 0 Å². The smallest absolute Gasteiger partial charge is 0.335 e. The maximum atomic E-state index is 13.4. The van der Waals surface area contributed by atoms with Gasteiger partial charge in [-0.1, -0.05) is 6.07 Å². The Balaban J connectivity index is 1.73. The molecule has 9 heteroatoms. The Hall–Kier alpha value is -4.24. The number of carbonyl (C=O) groups excluding carboxylic acids is 2. The zero-order valence-electron chi connectivity index (χ0n) is 19.7. The van der Waals surface area contributed by atoms with Crippen LogP contribution in [0.5, 0.6) is 0 Å². The zero-order chi connectivity index (χ0) is 25.4. The molecule has 2 N–H and O–H groups in total. The summed E-state index contributed by atoms with van der Waals surface area (Å²) in [6.07, 6.45) is 1.54. The van der Waals surface area contributed by atoms with Crippen molar-refractivity contribution >= 4 is 52.6 Å². The summed E-state index contributed by atoms with van der Waals surface area (Å²) in [5.41, 5.74) is 4.72. The van der Waals surface area contributed by atoms with Gasteiger partial charge in [0.1, 0.15) is 5.57 Å². The molecule has 0 spiro atoms. The number of thiocarbonyl (C=S) groups is 1. The highest BCUT2D eigenvalue weighted by atomic mass is 32.1. The van der Waals surface area contributed by atoms with Crippen LogP contribution >= 0.6 is 12.2 Å². The summed E-state index contributed by atoms with van der Waals surface area (Å²) < 4.78 is 2.05. The number of aromatic nitrogens is 1. The summed E-state index contributed by atoms with van der Waals surface area (Å²) in [6, 6.07) is 15.8. The van der Waals surface area contributed by atoms with Gasteiger partial charge in [-0.2, -0.15) is 0 Å². The quantitative estimate of drug-likeness (QED) is 0.323. The SMILES string of the molecule is Cc1cc(C=C2C(=O)NC(=S)N(c3cccc(C(=O)O)c3)C2=O)c(C)n1-c1ccc(N(C)C)cc1. The van der Waals surface area contributed by atoms with Gasteiger partial charge in [-0.3, -0.25) is 19.8 Å². The van der Waals surface area contributed by atoms with Crippen LogP contribution in [-0.4, -0.2) is 46.7 Å². The fourth-order valence-electron chi connectivity index (χ4n) is 4.06. The van der Waals surface area contributed by atoms with E-state index in [1.54, 1.807) is 12.1 Å². The van der Waals surface area contributed by atoms with Gasteiger partial charge in [0.25, 0.3) is 11.8 Å². The molecule has 1 aliphatic heterocycles. The van der Waals surface area contributed by atoms with Crippen molar-refractivity contribution in [3.05, 3.63) is 82.7 Å². The largest absolute Gasteiger partial charge is 0.478 e. The van der Waals surface area contributed by atoms with E-state index >= 15 is 0 Å². The van der Waals surface area contributed by atoms with Gasteiger partial charge in [-0.15, -0.1) is 0 Å². The van der Waals surface area contributed by atoms with E-state index in [4.69, 9.17) is 12.2 Å².